The number of allylic oxidation sites excluding steroid dienone is 5. The first-order valence-electron chi connectivity index (χ1n) is 9.32. The van der Waals surface area contributed by atoms with Gasteiger partial charge in [-0.1, -0.05) is 47.1 Å². The van der Waals surface area contributed by atoms with Crippen molar-refractivity contribution in [1.29, 1.82) is 0 Å². The van der Waals surface area contributed by atoms with Crippen molar-refractivity contribution >= 4 is 17.7 Å². The summed E-state index contributed by atoms with van der Waals surface area (Å²) in [6, 6.07) is 7.77. The number of rotatable bonds is 10. The van der Waals surface area contributed by atoms with Crippen molar-refractivity contribution in [2.75, 3.05) is 12.8 Å². The van der Waals surface area contributed by atoms with Crippen LogP contribution >= 0.6 is 11.8 Å². The first kappa shape index (κ1) is 22.3. The predicted molar refractivity (Wildman–Crippen MR) is 116 cm³/mol. The van der Waals surface area contributed by atoms with E-state index in [2.05, 4.69) is 51.2 Å². The van der Waals surface area contributed by atoms with Crippen molar-refractivity contribution in [3.05, 3.63) is 64.8 Å². The zero-order valence-electron chi connectivity index (χ0n) is 16.9. The third-order valence-corrected chi connectivity index (χ3v) is 5.15. The summed E-state index contributed by atoms with van der Waals surface area (Å²) in [6.45, 7) is 8.72. The summed E-state index contributed by atoms with van der Waals surface area (Å²) < 4.78 is 0. The average molecular weight is 372 g/mol. The second-order valence-electron chi connectivity index (χ2n) is 6.85. The molecule has 1 aromatic carbocycles. The normalized spacial score (nSPS) is 12.0. The van der Waals surface area contributed by atoms with Crippen molar-refractivity contribution in [2.24, 2.45) is 0 Å². The van der Waals surface area contributed by atoms with Crippen LogP contribution in [0.25, 0.3) is 0 Å². The minimum Gasteiger partial charge on any atom is -0.355 e. The fraction of sp³-hybridized carbons (Fsp3) is 0.435. The lowest BCUT2D eigenvalue weighted by atomic mass is 10.1. The summed E-state index contributed by atoms with van der Waals surface area (Å²) in [7, 11) is 1.67. The fourth-order valence-electron chi connectivity index (χ4n) is 2.53. The summed E-state index contributed by atoms with van der Waals surface area (Å²) in [5.41, 5.74) is 5.03. The minimum absolute atomic E-state index is 0.0254. The van der Waals surface area contributed by atoms with E-state index in [-0.39, 0.29) is 5.91 Å². The molecule has 0 heterocycles. The molecule has 1 rings (SSSR count). The molecule has 0 saturated heterocycles. The SMILES string of the molecule is CNC(=O)c1ccccc1SCC=C(C)CCC=C(C)CCC=C(C)C. The van der Waals surface area contributed by atoms with Gasteiger partial charge in [0.2, 0.25) is 0 Å². The highest BCUT2D eigenvalue weighted by molar-refractivity contribution is 7.99. The topological polar surface area (TPSA) is 29.1 Å². The molecule has 0 bridgehead atoms. The Morgan fingerprint density at radius 1 is 0.962 bits per heavy atom. The van der Waals surface area contributed by atoms with Crippen molar-refractivity contribution in [3.8, 4) is 0 Å². The third kappa shape index (κ3) is 9.10. The number of carbonyl (C=O) groups excluding carboxylic acids is 1. The number of hydrogen-bond donors (Lipinski definition) is 1. The van der Waals surface area contributed by atoms with Crippen LogP contribution in [0.1, 0.15) is 63.7 Å². The van der Waals surface area contributed by atoms with Crippen LogP contribution in [0.3, 0.4) is 0 Å². The third-order valence-electron chi connectivity index (χ3n) is 4.15. The number of benzene rings is 1. The van der Waals surface area contributed by atoms with Gasteiger partial charge in [0.05, 0.1) is 5.56 Å². The van der Waals surface area contributed by atoms with E-state index in [4.69, 9.17) is 0 Å². The van der Waals surface area contributed by atoms with Gasteiger partial charge in [-0.3, -0.25) is 4.79 Å². The lowest BCUT2D eigenvalue weighted by Crippen LogP contribution is -2.18. The molecule has 0 radical (unpaired) electrons. The Labute approximate surface area is 163 Å². The van der Waals surface area contributed by atoms with Gasteiger partial charge in [0.25, 0.3) is 5.91 Å². The number of amides is 1. The molecule has 0 aromatic heterocycles. The Hall–Kier alpha value is -1.74. The molecule has 0 aliphatic rings. The fourth-order valence-corrected chi connectivity index (χ4v) is 3.57. The van der Waals surface area contributed by atoms with E-state index < -0.39 is 0 Å². The summed E-state index contributed by atoms with van der Waals surface area (Å²) in [5, 5.41) is 2.70. The maximum Gasteiger partial charge on any atom is 0.252 e. The van der Waals surface area contributed by atoms with Crippen LogP contribution in [-0.2, 0) is 0 Å². The van der Waals surface area contributed by atoms with Crippen molar-refractivity contribution in [3.63, 3.8) is 0 Å². The van der Waals surface area contributed by atoms with Gasteiger partial charge >= 0.3 is 0 Å². The van der Waals surface area contributed by atoms with Crippen LogP contribution in [0.4, 0.5) is 0 Å². The Morgan fingerprint density at radius 3 is 2.23 bits per heavy atom. The highest BCUT2D eigenvalue weighted by atomic mass is 32.2. The molecule has 142 valence electrons. The lowest BCUT2D eigenvalue weighted by Gasteiger charge is -2.07. The second-order valence-corrected chi connectivity index (χ2v) is 7.91. The van der Waals surface area contributed by atoms with Gasteiger partial charge < -0.3 is 5.32 Å². The van der Waals surface area contributed by atoms with Crippen LogP contribution in [0.5, 0.6) is 0 Å². The minimum atomic E-state index is -0.0254. The molecule has 1 N–H and O–H groups in total. The molecule has 0 fully saturated rings. The highest BCUT2D eigenvalue weighted by Crippen LogP contribution is 2.23. The zero-order chi connectivity index (χ0) is 19.4. The number of nitrogens with one attached hydrogen (secondary N) is 1. The summed E-state index contributed by atoms with van der Waals surface area (Å²) in [4.78, 5) is 12.9. The largest absolute Gasteiger partial charge is 0.355 e. The maximum atomic E-state index is 11.9. The molecule has 0 saturated carbocycles. The first-order chi connectivity index (χ1) is 12.4. The van der Waals surface area contributed by atoms with Gasteiger partial charge in [-0.25, -0.2) is 0 Å². The molecule has 1 amide bonds. The zero-order valence-corrected chi connectivity index (χ0v) is 17.7. The van der Waals surface area contributed by atoms with Gasteiger partial charge in [0.15, 0.2) is 0 Å². The second kappa shape index (κ2) is 12.6. The van der Waals surface area contributed by atoms with Crippen molar-refractivity contribution in [1.82, 2.24) is 5.32 Å². The molecule has 0 unspecified atom stereocenters. The van der Waals surface area contributed by atoms with E-state index in [0.29, 0.717) is 0 Å². The van der Waals surface area contributed by atoms with Crippen molar-refractivity contribution in [2.45, 2.75) is 58.3 Å². The smallest absolute Gasteiger partial charge is 0.252 e. The Balaban J connectivity index is 2.43. The first-order valence-corrected chi connectivity index (χ1v) is 10.3. The van der Waals surface area contributed by atoms with Crippen molar-refractivity contribution < 1.29 is 4.79 Å². The summed E-state index contributed by atoms with van der Waals surface area (Å²) in [6.07, 6.45) is 11.4. The lowest BCUT2D eigenvalue weighted by molar-refractivity contribution is 0.0960. The molecule has 0 atom stereocenters. The summed E-state index contributed by atoms with van der Waals surface area (Å²) >= 11 is 1.71. The number of thioether (sulfide) groups is 1. The molecule has 26 heavy (non-hydrogen) atoms. The van der Waals surface area contributed by atoms with Crippen LogP contribution in [0.2, 0.25) is 0 Å². The van der Waals surface area contributed by atoms with Gasteiger partial charge in [0, 0.05) is 17.7 Å². The quantitative estimate of drug-likeness (QED) is 0.373. The predicted octanol–water partition coefficient (Wildman–Crippen LogP) is 6.56. The molecule has 0 aliphatic carbocycles. The Morgan fingerprint density at radius 2 is 1.58 bits per heavy atom. The van der Waals surface area contributed by atoms with Crippen LogP contribution in [0, 0.1) is 0 Å². The number of carbonyl (C=O) groups is 1. The van der Waals surface area contributed by atoms with E-state index in [9.17, 15) is 4.79 Å². The van der Waals surface area contributed by atoms with E-state index in [0.717, 1.165) is 41.9 Å². The monoisotopic (exact) mass is 371 g/mol. The molecule has 2 nitrogen and oxygen atoms in total. The van der Waals surface area contributed by atoms with Gasteiger partial charge in [0.1, 0.15) is 0 Å². The van der Waals surface area contributed by atoms with E-state index in [1.54, 1.807) is 18.8 Å². The molecule has 3 heteroatoms. The van der Waals surface area contributed by atoms with E-state index in [1.807, 2.05) is 24.3 Å². The molecular weight excluding hydrogens is 338 g/mol. The van der Waals surface area contributed by atoms with Crippen LogP contribution < -0.4 is 5.32 Å². The number of hydrogen-bond acceptors (Lipinski definition) is 2. The average Bonchev–Trinajstić information content (AvgIpc) is 2.61. The molecule has 0 spiro atoms. The Bertz CT molecular complexity index is 667. The van der Waals surface area contributed by atoms with Gasteiger partial charge in [-0.05, 0) is 65.5 Å². The highest BCUT2D eigenvalue weighted by Gasteiger charge is 2.08. The van der Waals surface area contributed by atoms with Crippen LogP contribution in [0.15, 0.2) is 64.1 Å². The standard InChI is InChI=1S/C23H33NOS/c1-18(2)10-8-11-19(3)12-9-13-20(4)16-17-26-22-15-7-6-14-21(22)23(25)24-5/h6-7,10,12,14-16H,8-9,11,13,17H2,1-5H3,(H,24,25). The molecule has 0 aliphatic heterocycles. The summed E-state index contributed by atoms with van der Waals surface area (Å²) in [5.74, 6) is 0.867. The maximum absolute atomic E-state index is 11.9. The van der Waals surface area contributed by atoms with E-state index in [1.165, 1.54) is 16.7 Å². The molecular formula is C23H33NOS. The van der Waals surface area contributed by atoms with Gasteiger partial charge in [-0.15, -0.1) is 11.8 Å². The molecule has 1 aromatic rings. The Kier molecular flexibility index (Phi) is 10.8. The van der Waals surface area contributed by atoms with Crippen LogP contribution in [-0.4, -0.2) is 18.7 Å². The van der Waals surface area contributed by atoms with E-state index >= 15 is 0 Å². The van der Waals surface area contributed by atoms with Gasteiger partial charge in [-0.2, -0.15) is 0 Å².